The van der Waals surface area contributed by atoms with Gasteiger partial charge in [0.25, 0.3) is 0 Å². The molecule has 0 spiro atoms. The Bertz CT molecular complexity index is 1400. The molecule has 0 fully saturated rings. The maximum atomic E-state index is 14.9. The van der Waals surface area contributed by atoms with Crippen LogP contribution in [-0.2, 0) is 0 Å². The number of benzene rings is 3. The fourth-order valence-corrected chi connectivity index (χ4v) is 4.72. The summed E-state index contributed by atoms with van der Waals surface area (Å²) in [6, 6.07) is 16.3. The normalized spacial score (nSPS) is 12.8. The summed E-state index contributed by atoms with van der Waals surface area (Å²) in [6.07, 6.45) is -3.50. The molecular weight excluding hydrogens is 649 g/mol. The molecule has 0 amide bonds. The Balaban J connectivity index is 1.52. The van der Waals surface area contributed by atoms with Crippen LogP contribution >= 0.6 is 0 Å². The molecule has 0 heterocycles. The number of halogens is 11. The van der Waals surface area contributed by atoms with Gasteiger partial charge in [-0.15, -0.1) is 0 Å². The number of unbranched alkanes of at least 4 members (excludes halogenated alkanes) is 6. The van der Waals surface area contributed by atoms with Crippen LogP contribution in [0.3, 0.4) is 0 Å². The molecule has 47 heavy (non-hydrogen) atoms. The Morgan fingerprint density at radius 3 is 1.62 bits per heavy atom. The van der Waals surface area contributed by atoms with Gasteiger partial charge in [-0.05, 0) is 60.2 Å². The largest absolute Gasteiger partial charge is 0.494 e. The van der Waals surface area contributed by atoms with E-state index in [2.05, 4.69) is 6.92 Å². The average molecular weight is 685 g/mol. The van der Waals surface area contributed by atoms with Crippen LogP contribution in [0.1, 0.15) is 64.7 Å². The zero-order chi connectivity index (χ0) is 34.9. The van der Waals surface area contributed by atoms with Crippen molar-refractivity contribution in [2.24, 2.45) is 0 Å². The van der Waals surface area contributed by atoms with Gasteiger partial charge in [0.05, 0.1) is 13.2 Å². The summed E-state index contributed by atoms with van der Waals surface area (Å²) in [4.78, 5) is 0. The molecule has 0 aliphatic heterocycles. The molecule has 260 valence electrons. The topological polar surface area (TPSA) is 18.5 Å². The van der Waals surface area contributed by atoms with Gasteiger partial charge in [-0.3, -0.25) is 0 Å². The highest BCUT2D eigenvalue weighted by atomic mass is 19.4. The molecule has 0 aliphatic carbocycles. The van der Waals surface area contributed by atoms with Crippen molar-refractivity contribution in [2.45, 2.75) is 88.7 Å². The third-order valence-electron chi connectivity index (χ3n) is 7.55. The molecule has 13 heteroatoms. The van der Waals surface area contributed by atoms with Gasteiger partial charge >= 0.3 is 23.9 Å². The molecule has 0 atom stereocenters. The number of ether oxygens (including phenoxy) is 2. The van der Waals surface area contributed by atoms with Crippen molar-refractivity contribution in [2.75, 3.05) is 13.2 Å². The number of hydrogen-bond acceptors (Lipinski definition) is 2. The zero-order valence-corrected chi connectivity index (χ0v) is 25.5. The molecule has 0 aromatic heterocycles. The molecule has 0 bridgehead atoms. The monoisotopic (exact) mass is 684 g/mol. The highest BCUT2D eigenvalue weighted by Gasteiger charge is 2.81. The van der Waals surface area contributed by atoms with Gasteiger partial charge in [0.2, 0.25) is 5.82 Å². The zero-order valence-electron chi connectivity index (χ0n) is 25.5. The van der Waals surface area contributed by atoms with Gasteiger partial charge in [0.15, 0.2) is 11.6 Å². The molecule has 2 nitrogen and oxygen atoms in total. The summed E-state index contributed by atoms with van der Waals surface area (Å²) >= 11 is 0. The van der Waals surface area contributed by atoms with Crippen LogP contribution in [0.5, 0.6) is 11.5 Å². The van der Waals surface area contributed by atoms with E-state index < -0.39 is 67.2 Å². The van der Waals surface area contributed by atoms with E-state index in [-0.39, 0.29) is 5.56 Å². The second-order valence-electron chi connectivity index (χ2n) is 11.1. The van der Waals surface area contributed by atoms with E-state index >= 15 is 0 Å². The minimum Gasteiger partial charge on any atom is -0.494 e. The fourth-order valence-electron chi connectivity index (χ4n) is 4.72. The van der Waals surface area contributed by atoms with Crippen LogP contribution in [0.4, 0.5) is 48.3 Å². The Hall–Kier alpha value is -3.51. The van der Waals surface area contributed by atoms with Crippen molar-refractivity contribution >= 4 is 0 Å². The van der Waals surface area contributed by atoms with Crippen LogP contribution in [-0.4, -0.2) is 37.2 Å². The predicted molar refractivity (Wildman–Crippen MR) is 156 cm³/mol. The van der Waals surface area contributed by atoms with E-state index in [0.717, 1.165) is 35.8 Å². The van der Waals surface area contributed by atoms with Crippen LogP contribution in [0.2, 0.25) is 0 Å². The molecule has 3 aromatic carbocycles. The third-order valence-corrected chi connectivity index (χ3v) is 7.55. The Morgan fingerprint density at radius 2 is 1.02 bits per heavy atom. The lowest BCUT2D eigenvalue weighted by atomic mass is 9.99. The van der Waals surface area contributed by atoms with E-state index in [0.29, 0.717) is 12.2 Å². The minimum absolute atomic E-state index is 0.118. The lowest BCUT2D eigenvalue weighted by Crippen LogP contribution is -2.60. The molecule has 3 aromatic rings. The number of hydrogen-bond donors (Lipinski definition) is 0. The molecule has 0 unspecified atom stereocenters. The smallest absolute Gasteiger partial charge is 0.460 e. The minimum atomic E-state index is -6.96. The second kappa shape index (κ2) is 16.1. The van der Waals surface area contributed by atoms with Gasteiger partial charge < -0.3 is 9.47 Å². The average Bonchev–Trinajstić information content (AvgIpc) is 3.02. The highest BCUT2D eigenvalue weighted by molar-refractivity contribution is 5.71. The molecule has 0 radical (unpaired) electrons. The summed E-state index contributed by atoms with van der Waals surface area (Å²) in [7, 11) is 0. The summed E-state index contributed by atoms with van der Waals surface area (Å²) in [5.41, 5.74) is 1.89. The first kappa shape index (κ1) is 37.9. The first-order valence-corrected chi connectivity index (χ1v) is 15.2. The molecule has 3 rings (SSSR count). The van der Waals surface area contributed by atoms with Crippen LogP contribution in [0.15, 0.2) is 60.7 Å². The first-order chi connectivity index (χ1) is 22.0. The van der Waals surface area contributed by atoms with E-state index in [1.54, 1.807) is 24.3 Å². The van der Waals surface area contributed by atoms with Crippen molar-refractivity contribution in [1.82, 2.24) is 0 Å². The van der Waals surface area contributed by atoms with E-state index in [4.69, 9.17) is 9.47 Å². The Labute approximate surface area is 265 Å². The maximum absolute atomic E-state index is 14.9. The van der Waals surface area contributed by atoms with Crippen molar-refractivity contribution in [3.05, 3.63) is 72.3 Å². The van der Waals surface area contributed by atoms with Crippen molar-refractivity contribution in [3.63, 3.8) is 0 Å². The van der Waals surface area contributed by atoms with Gasteiger partial charge in [-0.1, -0.05) is 75.4 Å². The SMILES string of the molecule is CCCCCCCCOc1ccc(-c2ccc(-c3ccc(OCCCCC(F)(F)C(F)(F)C(F)(F)C(F)(F)F)c(F)c3F)cc2)cc1. The van der Waals surface area contributed by atoms with Gasteiger partial charge in [-0.25, -0.2) is 4.39 Å². The van der Waals surface area contributed by atoms with E-state index in [1.807, 2.05) is 24.3 Å². The van der Waals surface area contributed by atoms with Crippen LogP contribution in [0, 0.1) is 11.6 Å². The number of alkyl halides is 9. The second-order valence-corrected chi connectivity index (χ2v) is 11.1. The lowest BCUT2D eigenvalue weighted by Gasteiger charge is -2.33. The highest BCUT2D eigenvalue weighted by Crippen LogP contribution is 2.54. The maximum Gasteiger partial charge on any atom is 0.460 e. The standard InChI is InChI=1S/C34H35F11O2/c1-2-3-4-5-6-8-21-46-26-16-14-24(15-17-26)23-10-12-25(13-11-23)27-18-19-28(30(36)29(27)35)47-22-9-7-20-31(37,38)32(39,40)33(41,42)34(43,44)45/h10-19H,2-9,20-22H2,1H3. The third kappa shape index (κ3) is 9.31. The molecule has 0 saturated heterocycles. The fraction of sp³-hybridized carbons (Fsp3) is 0.471. The van der Waals surface area contributed by atoms with E-state index in [1.165, 1.54) is 31.7 Å². The molecule has 0 N–H and O–H groups in total. The summed E-state index contributed by atoms with van der Waals surface area (Å²) in [5, 5.41) is 0. The van der Waals surface area contributed by atoms with Gasteiger partial charge in [0, 0.05) is 12.0 Å². The predicted octanol–water partition coefficient (Wildman–Crippen LogP) is 12.1. The molecule has 0 aliphatic rings. The summed E-state index contributed by atoms with van der Waals surface area (Å²) < 4.78 is 157. The van der Waals surface area contributed by atoms with Crippen LogP contribution in [0.25, 0.3) is 22.3 Å². The lowest BCUT2D eigenvalue weighted by molar-refractivity contribution is -0.396. The van der Waals surface area contributed by atoms with Gasteiger partial charge in [-0.2, -0.15) is 43.9 Å². The Morgan fingerprint density at radius 1 is 0.511 bits per heavy atom. The van der Waals surface area contributed by atoms with Gasteiger partial charge in [0.1, 0.15) is 5.75 Å². The van der Waals surface area contributed by atoms with Crippen molar-refractivity contribution < 1.29 is 57.8 Å². The molecular formula is C34H35F11O2. The number of rotatable bonds is 18. The van der Waals surface area contributed by atoms with Crippen molar-refractivity contribution in [3.8, 4) is 33.8 Å². The first-order valence-electron chi connectivity index (χ1n) is 15.2. The van der Waals surface area contributed by atoms with E-state index in [9.17, 15) is 48.3 Å². The summed E-state index contributed by atoms with van der Waals surface area (Å²) in [6.45, 7) is 2.17. The summed E-state index contributed by atoms with van der Waals surface area (Å²) in [5.74, 6) is -22.0. The van der Waals surface area contributed by atoms with Crippen LogP contribution < -0.4 is 9.47 Å². The quantitative estimate of drug-likeness (QED) is 0.0981. The molecule has 0 saturated carbocycles. The Kier molecular flexibility index (Phi) is 13.0. The van der Waals surface area contributed by atoms with Crippen molar-refractivity contribution in [1.29, 1.82) is 0 Å².